The van der Waals surface area contributed by atoms with Crippen molar-refractivity contribution in [2.45, 2.75) is 31.2 Å². The molecule has 18 heavy (non-hydrogen) atoms. The van der Waals surface area contributed by atoms with Gasteiger partial charge < -0.3 is 9.88 Å². The number of rotatable bonds is 2. The highest BCUT2D eigenvalue weighted by Crippen LogP contribution is 2.34. The van der Waals surface area contributed by atoms with Crippen LogP contribution in [0, 0.1) is 0 Å². The van der Waals surface area contributed by atoms with E-state index in [4.69, 9.17) is 0 Å². The third-order valence-corrected chi connectivity index (χ3v) is 6.01. The molecule has 0 radical (unpaired) electrons. The van der Waals surface area contributed by atoms with Crippen molar-refractivity contribution in [1.82, 2.24) is 14.9 Å². The summed E-state index contributed by atoms with van der Waals surface area (Å²) in [7, 11) is -2.85. The summed E-state index contributed by atoms with van der Waals surface area (Å²) >= 11 is 0. The molecule has 0 saturated carbocycles. The summed E-state index contributed by atoms with van der Waals surface area (Å²) in [6.07, 6.45) is 5.50. The van der Waals surface area contributed by atoms with Gasteiger partial charge in [-0.05, 0) is 19.4 Å². The maximum Gasteiger partial charge on any atom is 0.152 e. The highest BCUT2D eigenvalue weighted by Gasteiger charge is 2.37. The zero-order valence-corrected chi connectivity index (χ0v) is 11.4. The molecular weight excluding hydrogens is 250 g/mol. The molecule has 1 aromatic rings. The minimum atomic E-state index is -2.85. The molecule has 3 rings (SSSR count). The van der Waals surface area contributed by atoms with Crippen molar-refractivity contribution in [3.8, 4) is 0 Å². The average Bonchev–Trinajstić information content (AvgIpc) is 2.97. The zero-order valence-electron chi connectivity index (χ0n) is 10.6. The summed E-state index contributed by atoms with van der Waals surface area (Å²) in [6, 6.07) is 0.0740. The van der Waals surface area contributed by atoms with Gasteiger partial charge in [0.05, 0.1) is 17.8 Å². The molecule has 2 aliphatic heterocycles. The maximum absolute atomic E-state index is 11.6. The van der Waals surface area contributed by atoms with Gasteiger partial charge in [-0.3, -0.25) is 0 Å². The van der Waals surface area contributed by atoms with E-state index in [1.54, 1.807) is 6.33 Å². The Morgan fingerprint density at radius 3 is 3.00 bits per heavy atom. The van der Waals surface area contributed by atoms with Crippen LogP contribution in [0.25, 0.3) is 0 Å². The van der Waals surface area contributed by atoms with Gasteiger partial charge in [-0.25, -0.2) is 13.4 Å². The first-order chi connectivity index (χ1) is 8.50. The Labute approximate surface area is 108 Å². The fourth-order valence-electron chi connectivity index (χ4n) is 3.09. The van der Waals surface area contributed by atoms with E-state index in [1.807, 2.05) is 6.20 Å². The lowest BCUT2D eigenvalue weighted by molar-refractivity contribution is 0.440. The zero-order chi connectivity index (χ0) is 12.8. The van der Waals surface area contributed by atoms with Gasteiger partial charge in [0.2, 0.25) is 0 Å². The van der Waals surface area contributed by atoms with Crippen LogP contribution in [0.3, 0.4) is 0 Å². The standard InChI is InChI=1S/C12H19N3O2S/c1-12(3-4-13-8-12)11-6-14-9-15(11)10-2-5-18(16,17)7-10/h6,9-10,13H,2-5,7-8H2,1H3. The molecule has 0 aromatic carbocycles. The third kappa shape index (κ3) is 1.97. The molecule has 2 aliphatic rings. The monoisotopic (exact) mass is 269 g/mol. The van der Waals surface area contributed by atoms with E-state index in [0.29, 0.717) is 5.75 Å². The third-order valence-electron chi connectivity index (χ3n) is 4.25. The van der Waals surface area contributed by atoms with E-state index < -0.39 is 9.84 Å². The predicted octanol–water partition coefficient (Wildman–Crippen LogP) is 0.494. The molecule has 2 fully saturated rings. The molecule has 2 saturated heterocycles. The van der Waals surface area contributed by atoms with Crippen molar-refractivity contribution < 1.29 is 8.42 Å². The van der Waals surface area contributed by atoms with Crippen LogP contribution in [0.2, 0.25) is 0 Å². The summed E-state index contributed by atoms with van der Waals surface area (Å²) in [5.41, 5.74) is 1.26. The van der Waals surface area contributed by atoms with Crippen molar-refractivity contribution in [3.63, 3.8) is 0 Å². The highest BCUT2D eigenvalue weighted by atomic mass is 32.2. The minimum absolute atomic E-state index is 0.0740. The lowest BCUT2D eigenvalue weighted by Gasteiger charge is -2.26. The second-order valence-corrected chi connectivity index (χ2v) is 7.96. The summed E-state index contributed by atoms with van der Waals surface area (Å²) in [5, 5.41) is 3.38. The molecule has 2 unspecified atom stereocenters. The molecule has 0 spiro atoms. The Hall–Kier alpha value is -0.880. The molecule has 2 atom stereocenters. The van der Waals surface area contributed by atoms with Gasteiger partial charge in [-0.1, -0.05) is 6.92 Å². The molecule has 0 aliphatic carbocycles. The van der Waals surface area contributed by atoms with E-state index in [9.17, 15) is 8.42 Å². The topological polar surface area (TPSA) is 64.0 Å². The van der Waals surface area contributed by atoms with E-state index >= 15 is 0 Å². The minimum Gasteiger partial charge on any atom is -0.330 e. The van der Waals surface area contributed by atoms with E-state index in [2.05, 4.69) is 21.8 Å². The van der Waals surface area contributed by atoms with Crippen molar-refractivity contribution in [3.05, 3.63) is 18.2 Å². The van der Waals surface area contributed by atoms with E-state index in [-0.39, 0.29) is 17.2 Å². The Balaban J connectivity index is 1.93. The molecule has 100 valence electrons. The molecular formula is C12H19N3O2S. The number of aromatic nitrogens is 2. The maximum atomic E-state index is 11.6. The molecule has 5 nitrogen and oxygen atoms in total. The fourth-order valence-corrected chi connectivity index (χ4v) is 4.80. The number of hydrogen-bond acceptors (Lipinski definition) is 4. The predicted molar refractivity (Wildman–Crippen MR) is 69.4 cm³/mol. The smallest absolute Gasteiger partial charge is 0.152 e. The number of hydrogen-bond donors (Lipinski definition) is 1. The largest absolute Gasteiger partial charge is 0.330 e. The van der Waals surface area contributed by atoms with Crippen LogP contribution in [-0.4, -0.2) is 42.6 Å². The molecule has 3 heterocycles. The van der Waals surface area contributed by atoms with Gasteiger partial charge in [0.1, 0.15) is 0 Å². The second kappa shape index (κ2) is 4.06. The van der Waals surface area contributed by atoms with E-state index in [1.165, 1.54) is 5.69 Å². The van der Waals surface area contributed by atoms with Crippen LogP contribution in [0.1, 0.15) is 31.5 Å². The average molecular weight is 269 g/mol. The SMILES string of the molecule is CC1(c2cncn2C2CCS(=O)(=O)C2)CCNC1. The lowest BCUT2D eigenvalue weighted by atomic mass is 9.86. The van der Waals surface area contributed by atoms with Crippen LogP contribution in [0.5, 0.6) is 0 Å². The fraction of sp³-hybridized carbons (Fsp3) is 0.750. The van der Waals surface area contributed by atoms with Crippen LogP contribution in [0.4, 0.5) is 0 Å². The number of nitrogens with zero attached hydrogens (tertiary/aromatic N) is 2. The highest BCUT2D eigenvalue weighted by molar-refractivity contribution is 7.91. The van der Waals surface area contributed by atoms with Gasteiger partial charge in [0.25, 0.3) is 0 Å². The van der Waals surface area contributed by atoms with Crippen molar-refractivity contribution >= 4 is 9.84 Å². The van der Waals surface area contributed by atoms with Gasteiger partial charge in [0.15, 0.2) is 9.84 Å². The van der Waals surface area contributed by atoms with Crippen molar-refractivity contribution in [2.75, 3.05) is 24.6 Å². The Morgan fingerprint density at radius 2 is 2.39 bits per heavy atom. The Kier molecular flexibility index (Phi) is 2.75. The Bertz CT molecular complexity index is 543. The first kappa shape index (κ1) is 12.2. The van der Waals surface area contributed by atoms with Crippen molar-refractivity contribution in [2.24, 2.45) is 0 Å². The first-order valence-electron chi connectivity index (χ1n) is 6.44. The normalized spacial score (nSPS) is 35.1. The van der Waals surface area contributed by atoms with Crippen LogP contribution in [-0.2, 0) is 15.3 Å². The van der Waals surface area contributed by atoms with Crippen LogP contribution in [0.15, 0.2) is 12.5 Å². The number of imidazole rings is 1. The van der Waals surface area contributed by atoms with Gasteiger partial charge in [-0.15, -0.1) is 0 Å². The second-order valence-electron chi connectivity index (χ2n) is 5.73. The summed E-state index contributed by atoms with van der Waals surface area (Å²) in [5.74, 6) is 0.574. The molecule has 1 N–H and O–H groups in total. The van der Waals surface area contributed by atoms with E-state index in [0.717, 1.165) is 25.9 Å². The van der Waals surface area contributed by atoms with Gasteiger partial charge >= 0.3 is 0 Å². The summed E-state index contributed by atoms with van der Waals surface area (Å²) in [4.78, 5) is 4.24. The molecule has 1 aromatic heterocycles. The van der Waals surface area contributed by atoms with Crippen LogP contribution >= 0.6 is 0 Å². The Morgan fingerprint density at radius 1 is 1.56 bits per heavy atom. The lowest BCUT2D eigenvalue weighted by Crippen LogP contribution is -2.29. The van der Waals surface area contributed by atoms with Crippen molar-refractivity contribution in [1.29, 1.82) is 0 Å². The van der Waals surface area contributed by atoms with Gasteiger partial charge in [0, 0.05) is 29.9 Å². The number of sulfone groups is 1. The summed E-state index contributed by atoms with van der Waals surface area (Å²) < 4.78 is 25.3. The quantitative estimate of drug-likeness (QED) is 0.849. The number of nitrogens with one attached hydrogen (secondary N) is 1. The molecule has 0 bridgehead atoms. The molecule has 0 amide bonds. The van der Waals surface area contributed by atoms with Gasteiger partial charge in [-0.2, -0.15) is 0 Å². The molecule has 6 heteroatoms. The first-order valence-corrected chi connectivity index (χ1v) is 8.26. The van der Waals surface area contributed by atoms with Crippen LogP contribution < -0.4 is 5.32 Å². The summed E-state index contributed by atoms with van der Waals surface area (Å²) in [6.45, 7) is 4.19.